The molecule has 1 aromatic carbocycles. The third-order valence-corrected chi connectivity index (χ3v) is 2.98. The number of nitrogens with zero attached hydrogens (tertiary/aromatic N) is 1. The molecule has 0 aliphatic rings. The van der Waals surface area contributed by atoms with Crippen molar-refractivity contribution in [1.29, 1.82) is 0 Å². The van der Waals surface area contributed by atoms with Gasteiger partial charge in [-0.3, -0.25) is 4.90 Å². The van der Waals surface area contributed by atoms with Crippen molar-refractivity contribution in [3.05, 3.63) is 60.1 Å². The fourth-order valence-electron chi connectivity index (χ4n) is 2.14. The molecular formula is C15H19NO2. The Hall–Kier alpha value is -1.58. The van der Waals surface area contributed by atoms with Crippen LogP contribution in [0.5, 0.6) is 0 Å². The standard InChI is InChI=1S/C15H19NO2/c1-15(17,13-7-4-3-5-8-13)12-16(2)11-14-9-6-10-18-14/h3-10,17H,11-12H2,1-2H3. The molecule has 3 heteroatoms. The van der Waals surface area contributed by atoms with Crippen molar-refractivity contribution in [3.8, 4) is 0 Å². The zero-order valence-corrected chi connectivity index (χ0v) is 10.8. The molecule has 0 saturated heterocycles. The van der Waals surface area contributed by atoms with Crippen molar-refractivity contribution >= 4 is 0 Å². The Morgan fingerprint density at radius 3 is 2.50 bits per heavy atom. The lowest BCUT2D eigenvalue weighted by molar-refractivity contribution is 0.0199. The van der Waals surface area contributed by atoms with Gasteiger partial charge in [-0.25, -0.2) is 0 Å². The molecule has 0 aliphatic carbocycles. The average Bonchev–Trinajstić information content (AvgIpc) is 2.82. The first kappa shape index (κ1) is 12.9. The van der Waals surface area contributed by atoms with Crippen molar-refractivity contribution in [2.24, 2.45) is 0 Å². The highest BCUT2D eigenvalue weighted by Crippen LogP contribution is 2.21. The maximum atomic E-state index is 10.5. The van der Waals surface area contributed by atoms with E-state index in [4.69, 9.17) is 4.42 Å². The minimum absolute atomic E-state index is 0.553. The zero-order chi connectivity index (χ0) is 13.0. The predicted octanol–water partition coefficient (Wildman–Crippen LogP) is 2.62. The van der Waals surface area contributed by atoms with Gasteiger partial charge >= 0.3 is 0 Å². The Morgan fingerprint density at radius 1 is 1.17 bits per heavy atom. The average molecular weight is 245 g/mol. The van der Waals surface area contributed by atoms with Gasteiger partial charge in [0.2, 0.25) is 0 Å². The maximum absolute atomic E-state index is 10.5. The maximum Gasteiger partial charge on any atom is 0.117 e. The lowest BCUT2D eigenvalue weighted by atomic mass is 9.95. The number of benzene rings is 1. The van der Waals surface area contributed by atoms with Crippen molar-refractivity contribution in [2.75, 3.05) is 13.6 Å². The number of rotatable bonds is 5. The van der Waals surface area contributed by atoms with Crippen molar-refractivity contribution in [3.63, 3.8) is 0 Å². The number of hydrogen-bond donors (Lipinski definition) is 1. The van der Waals surface area contributed by atoms with Gasteiger partial charge < -0.3 is 9.52 Å². The van der Waals surface area contributed by atoms with Gasteiger partial charge in [-0.2, -0.15) is 0 Å². The van der Waals surface area contributed by atoms with Gasteiger partial charge in [0.15, 0.2) is 0 Å². The van der Waals surface area contributed by atoms with Crippen LogP contribution < -0.4 is 0 Å². The quantitative estimate of drug-likeness (QED) is 0.879. The van der Waals surface area contributed by atoms with Crippen molar-refractivity contribution in [2.45, 2.75) is 19.1 Å². The molecule has 0 aliphatic heterocycles. The summed E-state index contributed by atoms with van der Waals surface area (Å²) in [6.45, 7) is 3.08. The first-order chi connectivity index (χ1) is 8.58. The highest BCUT2D eigenvalue weighted by molar-refractivity contribution is 5.21. The van der Waals surface area contributed by atoms with Gasteiger partial charge in [0.05, 0.1) is 18.4 Å². The van der Waals surface area contributed by atoms with E-state index in [2.05, 4.69) is 0 Å². The van der Waals surface area contributed by atoms with Crippen LogP contribution >= 0.6 is 0 Å². The predicted molar refractivity (Wildman–Crippen MR) is 71.1 cm³/mol. The summed E-state index contributed by atoms with van der Waals surface area (Å²) >= 11 is 0. The third-order valence-electron chi connectivity index (χ3n) is 2.98. The molecule has 96 valence electrons. The van der Waals surface area contributed by atoms with E-state index < -0.39 is 5.60 Å². The minimum atomic E-state index is -0.859. The van der Waals surface area contributed by atoms with Gasteiger partial charge in [0.1, 0.15) is 5.76 Å². The molecule has 2 rings (SSSR count). The van der Waals surface area contributed by atoms with Gasteiger partial charge in [-0.05, 0) is 31.7 Å². The van der Waals surface area contributed by atoms with Crippen LogP contribution in [0.25, 0.3) is 0 Å². The van der Waals surface area contributed by atoms with Crippen LogP contribution in [-0.4, -0.2) is 23.6 Å². The molecule has 3 nitrogen and oxygen atoms in total. The fourth-order valence-corrected chi connectivity index (χ4v) is 2.14. The van der Waals surface area contributed by atoms with Crippen LogP contribution in [0, 0.1) is 0 Å². The summed E-state index contributed by atoms with van der Waals surface area (Å²) in [5, 5.41) is 10.5. The molecule has 0 radical (unpaired) electrons. The van der Waals surface area contributed by atoms with E-state index in [-0.39, 0.29) is 0 Å². The molecule has 1 N–H and O–H groups in total. The minimum Gasteiger partial charge on any atom is -0.468 e. The van der Waals surface area contributed by atoms with Gasteiger partial charge in [0, 0.05) is 6.54 Å². The summed E-state index contributed by atoms with van der Waals surface area (Å²) < 4.78 is 5.30. The third kappa shape index (κ3) is 3.22. The van der Waals surface area contributed by atoms with Crippen molar-refractivity contribution in [1.82, 2.24) is 4.90 Å². The monoisotopic (exact) mass is 245 g/mol. The summed E-state index contributed by atoms with van der Waals surface area (Å²) in [5.74, 6) is 0.904. The lowest BCUT2D eigenvalue weighted by Crippen LogP contribution is -2.36. The van der Waals surface area contributed by atoms with E-state index in [1.807, 2.05) is 61.3 Å². The normalized spacial score (nSPS) is 14.7. The van der Waals surface area contributed by atoms with E-state index in [0.717, 1.165) is 11.3 Å². The SMILES string of the molecule is CN(Cc1ccco1)CC(C)(O)c1ccccc1. The highest BCUT2D eigenvalue weighted by Gasteiger charge is 2.24. The smallest absolute Gasteiger partial charge is 0.117 e. The summed E-state index contributed by atoms with van der Waals surface area (Å²) in [7, 11) is 1.97. The van der Waals surface area contributed by atoms with E-state index in [1.165, 1.54) is 0 Å². The van der Waals surface area contributed by atoms with Crippen LogP contribution in [0.4, 0.5) is 0 Å². The van der Waals surface area contributed by atoms with Crippen LogP contribution in [0.2, 0.25) is 0 Å². The molecule has 1 unspecified atom stereocenters. The Kier molecular flexibility index (Phi) is 3.84. The number of likely N-dealkylation sites (N-methyl/N-ethyl adjacent to an activating group) is 1. The molecular weight excluding hydrogens is 226 g/mol. The van der Waals surface area contributed by atoms with Gasteiger partial charge in [-0.15, -0.1) is 0 Å². The van der Waals surface area contributed by atoms with E-state index >= 15 is 0 Å². The van der Waals surface area contributed by atoms with E-state index in [0.29, 0.717) is 13.1 Å². The Bertz CT molecular complexity index is 463. The molecule has 1 aromatic heterocycles. The topological polar surface area (TPSA) is 36.6 Å². The second kappa shape index (κ2) is 5.38. The van der Waals surface area contributed by atoms with Gasteiger partial charge in [0.25, 0.3) is 0 Å². The lowest BCUT2D eigenvalue weighted by Gasteiger charge is -2.29. The zero-order valence-electron chi connectivity index (χ0n) is 10.8. The molecule has 2 aromatic rings. The van der Waals surface area contributed by atoms with Crippen molar-refractivity contribution < 1.29 is 9.52 Å². The molecule has 1 atom stereocenters. The fraction of sp³-hybridized carbons (Fsp3) is 0.333. The number of aliphatic hydroxyl groups is 1. The Balaban J connectivity index is 1.99. The summed E-state index contributed by atoms with van der Waals surface area (Å²) in [4.78, 5) is 2.05. The Labute approximate surface area is 108 Å². The molecule has 18 heavy (non-hydrogen) atoms. The number of hydrogen-bond acceptors (Lipinski definition) is 3. The van der Waals surface area contributed by atoms with E-state index in [1.54, 1.807) is 6.26 Å². The van der Waals surface area contributed by atoms with Crippen LogP contribution in [0.1, 0.15) is 18.2 Å². The molecule has 0 amide bonds. The largest absolute Gasteiger partial charge is 0.468 e. The number of furan rings is 1. The second-order valence-electron chi connectivity index (χ2n) is 4.89. The Morgan fingerprint density at radius 2 is 1.89 bits per heavy atom. The molecule has 0 spiro atoms. The van der Waals surface area contributed by atoms with Gasteiger partial charge in [-0.1, -0.05) is 30.3 Å². The molecule has 1 heterocycles. The first-order valence-corrected chi connectivity index (χ1v) is 6.07. The van der Waals surface area contributed by atoms with Crippen LogP contribution in [0.3, 0.4) is 0 Å². The highest BCUT2D eigenvalue weighted by atomic mass is 16.3. The summed E-state index contributed by atoms with van der Waals surface area (Å²) in [6.07, 6.45) is 1.67. The summed E-state index contributed by atoms with van der Waals surface area (Å²) in [6, 6.07) is 13.5. The van der Waals surface area contributed by atoms with Crippen LogP contribution in [-0.2, 0) is 12.1 Å². The van der Waals surface area contributed by atoms with E-state index in [9.17, 15) is 5.11 Å². The van der Waals surface area contributed by atoms with Crippen LogP contribution in [0.15, 0.2) is 53.1 Å². The molecule has 0 saturated carbocycles. The summed E-state index contributed by atoms with van der Waals surface area (Å²) in [5.41, 5.74) is 0.0686. The second-order valence-corrected chi connectivity index (χ2v) is 4.89. The molecule has 0 fully saturated rings. The molecule has 0 bridgehead atoms. The first-order valence-electron chi connectivity index (χ1n) is 6.07.